The number of rotatable bonds is 2. The second-order valence-corrected chi connectivity index (χ2v) is 8.13. The fourth-order valence-corrected chi connectivity index (χ4v) is 4.76. The van der Waals surface area contributed by atoms with E-state index in [0.717, 1.165) is 23.8 Å². The summed E-state index contributed by atoms with van der Waals surface area (Å²) in [5, 5.41) is 4.27. The summed E-state index contributed by atoms with van der Waals surface area (Å²) in [6, 6.07) is 1.35. The van der Waals surface area contributed by atoms with E-state index in [9.17, 15) is 13.2 Å². The highest BCUT2D eigenvalue weighted by molar-refractivity contribution is 7.80. The number of aromatic nitrogens is 1. The van der Waals surface area contributed by atoms with Crippen molar-refractivity contribution in [2.24, 2.45) is 11.8 Å². The molecule has 2 aliphatic carbocycles. The zero-order valence-corrected chi connectivity index (χ0v) is 16.1. The van der Waals surface area contributed by atoms with E-state index in [4.69, 9.17) is 23.8 Å². The van der Waals surface area contributed by atoms with E-state index in [0.29, 0.717) is 49.9 Å². The highest BCUT2D eigenvalue weighted by atomic mass is 35.5. The topological polar surface area (TPSA) is 31.4 Å². The maximum atomic E-state index is 12.8. The second kappa shape index (κ2) is 7.13. The summed E-state index contributed by atoms with van der Waals surface area (Å²) in [4.78, 5) is 7.96. The van der Waals surface area contributed by atoms with Gasteiger partial charge in [0.05, 0.1) is 10.6 Å². The Morgan fingerprint density at radius 1 is 1.19 bits per heavy atom. The first-order valence-corrected chi connectivity index (χ1v) is 9.81. The summed E-state index contributed by atoms with van der Waals surface area (Å²) < 4.78 is 38.3. The molecule has 3 aliphatic rings. The Kier molecular flexibility index (Phi) is 4.96. The molecule has 0 unspecified atom stereocenters. The number of piperazine rings is 1. The van der Waals surface area contributed by atoms with E-state index in [1.165, 1.54) is 6.42 Å². The maximum absolute atomic E-state index is 12.8. The predicted molar refractivity (Wildman–Crippen MR) is 103 cm³/mol. The fourth-order valence-electron chi connectivity index (χ4n) is 4.14. The molecule has 1 saturated heterocycles. The van der Waals surface area contributed by atoms with Crippen molar-refractivity contribution in [1.82, 2.24) is 15.2 Å². The Bertz CT molecular complexity index is 761. The minimum absolute atomic E-state index is 0.0211. The van der Waals surface area contributed by atoms with Crippen LogP contribution in [0.4, 0.5) is 19.0 Å². The molecule has 1 aliphatic heterocycles. The van der Waals surface area contributed by atoms with E-state index >= 15 is 0 Å². The van der Waals surface area contributed by atoms with E-state index in [2.05, 4.69) is 27.4 Å². The summed E-state index contributed by atoms with van der Waals surface area (Å²) >= 11 is 11.6. The monoisotopic (exact) mass is 416 g/mol. The third kappa shape index (κ3) is 3.87. The van der Waals surface area contributed by atoms with Crippen molar-refractivity contribution in [2.45, 2.75) is 25.1 Å². The van der Waals surface area contributed by atoms with Crippen molar-refractivity contribution in [3.05, 3.63) is 35.0 Å². The lowest BCUT2D eigenvalue weighted by Gasteiger charge is -2.38. The van der Waals surface area contributed by atoms with Gasteiger partial charge in [-0.25, -0.2) is 4.98 Å². The number of anilines is 1. The molecule has 0 amide bonds. The average molecular weight is 417 g/mol. The number of nitrogens with one attached hydrogen (secondary N) is 1. The predicted octanol–water partition coefficient (Wildman–Crippen LogP) is 3.71. The van der Waals surface area contributed by atoms with E-state index in [1.807, 2.05) is 4.90 Å². The van der Waals surface area contributed by atoms with Crippen molar-refractivity contribution in [3.8, 4) is 0 Å². The zero-order valence-electron chi connectivity index (χ0n) is 14.5. The number of hydrogen-bond acceptors (Lipinski definition) is 3. The summed E-state index contributed by atoms with van der Waals surface area (Å²) in [6.45, 7) is 2.58. The third-order valence-corrected chi connectivity index (χ3v) is 6.26. The van der Waals surface area contributed by atoms with Crippen molar-refractivity contribution < 1.29 is 13.2 Å². The van der Waals surface area contributed by atoms with E-state index in [1.54, 1.807) is 0 Å². The molecule has 2 bridgehead atoms. The minimum atomic E-state index is -4.44. The van der Waals surface area contributed by atoms with Crippen LogP contribution in [0.1, 0.15) is 18.4 Å². The van der Waals surface area contributed by atoms with Crippen LogP contribution < -0.4 is 10.2 Å². The lowest BCUT2D eigenvalue weighted by Crippen LogP contribution is -2.54. The molecule has 1 N–H and O–H groups in total. The van der Waals surface area contributed by atoms with Crippen LogP contribution in [-0.4, -0.2) is 47.2 Å². The molecule has 0 spiro atoms. The number of thiocarbonyl (C=S) groups is 1. The number of fused-ring (bicyclic) bond motifs is 2. The first kappa shape index (κ1) is 18.8. The van der Waals surface area contributed by atoms with Gasteiger partial charge in [0.25, 0.3) is 0 Å². The first-order chi connectivity index (χ1) is 12.8. The van der Waals surface area contributed by atoms with E-state index in [-0.39, 0.29) is 5.02 Å². The van der Waals surface area contributed by atoms with Gasteiger partial charge in [0, 0.05) is 38.4 Å². The Balaban J connectivity index is 1.33. The van der Waals surface area contributed by atoms with Crippen LogP contribution in [-0.2, 0) is 6.18 Å². The molecule has 4 rings (SSSR count). The number of nitrogens with zero attached hydrogens (tertiary/aromatic N) is 3. The lowest BCUT2D eigenvalue weighted by molar-refractivity contribution is -0.137. The number of halogens is 4. The van der Waals surface area contributed by atoms with Gasteiger partial charge in [0.15, 0.2) is 5.11 Å². The van der Waals surface area contributed by atoms with Gasteiger partial charge >= 0.3 is 6.18 Å². The van der Waals surface area contributed by atoms with Gasteiger partial charge in [-0.15, -0.1) is 0 Å². The zero-order chi connectivity index (χ0) is 19.2. The smallest absolute Gasteiger partial charge is 0.359 e. The maximum Gasteiger partial charge on any atom is 0.417 e. The molecule has 0 radical (unpaired) electrons. The third-order valence-electron chi connectivity index (χ3n) is 5.60. The highest BCUT2D eigenvalue weighted by Crippen LogP contribution is 2.39. The van der Waals surface area contributed by atoms with E-state index < -0.39 is 11.7 Å². The molecular formula is C18H20ClF3N4S. The SMILES string of the molecule is FC(F)(F)c1cnc(N2CCN(C(=S)N[C@@H]3C[C@@H]4C=C[C@H]3C4)CC2)c(Cl)c1. The summed E-state index contributed by atoms with van der Waals surface area (Å²) in [6.07, 6.45) is 3.32. The van der Waals surface area contributed by atoms with Gasteiger partial charge in [0.2, 0.25) is 0 Å². The highest BCUT2D eigenvalue weighted by Gasteiger charge is 2.37. The molecule has 1 aromatic rings. The molecule has 146 valence electrons. The van der Waals surface area contributed by atoms with Gasteiger partial charge in [-0.1, -0.05) is 23.8 Å². The van der Waals surface area contributed by atoms with Crippen LogP contribution in [0, 0.1) is 11.8 Å². The quantitative estimate of drug-likeness (QED) is 0.586. The van der Waals surface area contributed by atoms with Gasteiger partial charge in [0.1, 0.15) is 5.82 Å². The summed E-state index contributed by atoms with van der Waals surface area (Å²) in [7, 11) is 0. The van der Waals surface area contributed by atoms with Crippen LogP contribution in [0.15, 0.2) is 24.4 Å². The lowest BCUT2D eigenvalue weighted by atomic mass is 10.0. The molecule has 3 atom stereocenters. The van der Waals surface area contributed by atoms with Crippen molar-refractivity contribution in [2.75, 3.05) is 31.1 Å². The number of allylic oxidation sites excluding steroid dienone is 1. The molecule has 2 fully saturated rings. The van der Waals surface area contributed by atoms with Gasteiger partial charge in [-0.05, 0) is 43.0 Å². The minimum Gasteiger partial charge on any atom is -0.359 e. The second-order valence-electron chi connectivity index (χ2n) is 7.34. The molecule has 1 aromatic heterocycles. The number of pyridine rings is 1. The number of hydrogen-bond donors (Lipinski definition) is 1. The van der Waals surface area contributed by atoms with Crippen molar-refractivity contribution in [1.29, 1.82) is 0 Å². The molecule has 1 saturated carbocycles. The van der Waals surface area contributed by atoms with Crippen LogP contribution in [0.25, 0.3) is 0 Å². The van der Waals surface area contributed by atoms with Gasteiger partial charge in [-0.2, -0.15) is 13.2 Å². The Morgan fingerprint density at radius 2 is 1.93 bits per heavy atom. The normalized spacial score (nSPS) is 27.3. The largest absolute Gasteiger partial charge is 0.417 e. The standard InChI is InChI=1S/C18H20ClF3N4S/c19-14-9-13(18(20,21)22)10-23-16(14)25-3-5-26(6-4-25)17(27)24-15-8-11-1-2-12(15)7-11/h1-2,9-12,15H,3-8H2,(H,24,27)/t11-,12+,15-/m1/s1. The Morgan fingerprint density at radius 3 is 2.48 bits per heavy atom. The van der Waals surface area contributed by atoms with Crippen LogP contribution in [0.3, 0.4) is 0 Å². The van der Waals surface area contributed by atoms with Crippen molar-refractivity contribution in [3.63, 3.8) is 0 Å². The number of alkyl halides is 3. The van der Waals surface area contributed by atoms with Crippen LogP contribution in [0.5, 0.6) is 0 Å². The average Bonchev–Trinajstić information content (AvgIpc) is 3.24. The molecular weight excluding hydrogens is 397 g/mol. The Hall–Kier alpha value is -1.54. The summed E-state index contributed by atoms with van der Waals surface area (Å²) in [5.74, 6) is 1.64. The molecule has 27 heavy (non-hydrogen) atoms. The van der Waals surface area contributed by atoms with Crippen molar-refractivity contribution >= 4 is 34.7 Å². The van der Waals surface area contributed by atoms with Gasteiger partial charge < -0.3 is 15.1 Å². The molecule has 4 nitrogen and oxygen atoms in total. The molecule has 9 heteroatoms. The van der Waals surface area contributed by atoms with Gasteiger partial charge in [-0.3, -0.25) is 0 Å². The first-order valence-electron chi connectivity index (χ1n) is 9.03. The Labute approximate surface area is 166 Å². The summed E-state index contributed by atoms with van der Waals surface area (Å²) in [5.41, 5.74) is -0.833. The molecule has 0 aromatic carbocycles. The van der Waals surface area contributed by atoms with Crippen LogP contribution in [0.2, 0.25) is 5.02 Å². The molecule has 2 heterocycles. The van der Waals surface area contributed by atoms with Crippen LogP contribution >= 0.6 is 23.8 Å². The fraction of sp³-hybridized carbons (Fsp3) is 0.556.